The summed E-state index contributed by atoms with van der Waals surface area (Å²) in [5, 5.41) is 11.1. The van der Waals surface area contributed by atoms with Crippen LogP contribution >= 0.6 is 0 Å². The van der Waals surface area contributed by atoms with Gasteiger partial charge in [0.25, 0.3) is 11.8 Å². The molecule has 1 heterocycles. The van der Waals surface area contributed by atoms with Crippen molar-refractivity contribution in [3.05, 3.63) is 70.8 Å². The third kappa shape index (κ3) is 7.46. The molecule has 1 aliphatic rings. The molecule has 1 saturated heterocycles. The van der Waals surface area contributed by atoms with Gasteiger partial charge in [-0.1, -0.05) is 24.0 Å². The van der Waals surface area contributed by atoms with Gasteiger partial charge in [-0.05, 0) is 53.8 Å². The number of nitrogens with zero attached hydrogens (tertiary/aromatic N) is 1. The molecule has 0 saturated carbocycles. The fourth-order valence-electron chi connectivity index (χ4n) is 3.23. The second-order valence-electron chi connectivity index (χ2n) is 7.40. The average Bonchev–Trinajstić information content (AvgIpc) is 2.86. The molecule has 5 N–H and O–H groups in total. The highest BCUT2D eigenvalue weighted by Crippen LogP contribution is 2.09. The molecule has 0 aromatic heterocycles. The van der Waals surface area contributed by atoms with Crippen LogP contribution in [0.2, 0.25) is 0 Å². The molecule has 3 rings (SSSR count). The summed E-state index contributed by atoms with van der Waals surface area (Å²) in [7, 11) is 0. The molecule has 1 fully saturated rings. The van der Waals surface area contributed by atoms with Crippen LogP contribution in [0.25, 0.3) is 0 Å². The van der Waals surface area contributed by atoms with Crippen molar-refractivity contribution in [3.8, 4) is 23.7 Å². The minimum absolute atomic E-state index is 0.142. The van der Waals surface area contributed by atoms with Gasteiger partial charge in [-0.3, -0.25) is 19.7 Å². The summed E-state index contributed by atoms with van der Waals surface area (Å²) < 4.78 is 5.39. The van der Waals surface area contributed by atoms with Gasteiger partial charge in [-0.25, -0.2) is 5.48 Å². The molecule has 2 amide bonds. The van der Waals surface area contributed by atoms with Gasteiger partial charge in [0, 0.05) is 42.9 Å². The van der Waals surface area contributed by atoms with E-state index >= 15 is 0 Å². The molecule has 2 aromatic carbocycles. The van der Waals surface area contributed by atoms with Crippen LogP contribution in [0, 0.1) is 23.7 Å². The predicted octanol–water partition coefficient (Wildman–Crippen LogP) is 0.485. The highest BCUT2D eigenvalue weighted by Gasteiger charge is 2.19. The molecule has 8 heteroatoms. The van der Waals surface area contributed by atoms with Crippen molar-refractivity contribution < 1.29 is 19.5 Å². The maximum Gasteiger partial charge on any atom is 0.267 e. The van der Waals surface area contributed by atoms with E-state index in [1.54, 1.807) is 24.3 Å². The molecule has 1 atom stereocenters. The number of benzene rings is 2. The first-order valence-electron chi connectivity index (χ1n) is 10.5. The van der Waals surface area contributed by atoms with E-state index in [0.29, 0.717) is 11.1 Å². The summed E-state index contributed by atoms with van der Waals surface area (Å²) in [5.74, 6) is 10.4. The Morgan fingerprint density at radius 2 is 1.76 bits per heavy atom. The fourth-order valence-corrected chi connectivity index (χ4v) is 3.23. The fraction of sp³-hybridized carbons (Fsp3) is 0.280. The van der Waals surface area contributed by atoms with Crippen LogP contribution in [0.3, 0.4) is 0 Å². The molecule has 0 aliphatic carbocycles. The predicted molar refractivity (Wildman–Crippen MR) is 123 cm³/mol. The Bertz CT molecular complexity index is 1090. The van der Waals surface area contributed by atoms with Crippen molar-refractivity contribution in [2.45, 2.75) is 12.6 Å². The van der Waals surface area contributed by atoms with Gasteiger partial charge >= 0.3 is 0 Å². The summed E-state index contributed by atoms with van der Waals surface area (Å²) >= 11 is 0. The molecule has 2 aromatic rings. The Morgan fingerprint density at radius 1 is 1.06 bits per heavy atom. The normalized spacial score (nSPS) is 14.1. The number of nitrogens with two attached hydrogens (primary N) is 1. The number of carbonyl (C=O) groups is 2. The zero-order chi connectivity index (χ0) is 23.5. The largest absolute Gasteiger partial charge is 0.379 e. The molecular weight excluding hydrogens is 420 g/mol. The minimum Gasteiger partial charge on any atom is -0.379 e. The Morgan fingerprint density at radius 3 is 2.42 bits per heavy atom. The van der Waals surface area contributed by atoms with Crippen LogP contribution in [-0.4, -0.2) is 60.8 Å². The summed E-state index contributed by atoms with van der Waals surface area (Å²) in [4.78, 5) is 26.0. The maximum absolute atomic E-state index is 12.2. The van der Waals surface area contributed by atoms with Gasteiger partial charge in [-0.15, -0.1) is 0 Å². The van der Waals surface area contributed by atoms with Gasteiger partial charge in [0.15, 0.2) is 0 Å². The third-order valence-corrected chi connectivity index (χ3v) is 5.03. The van der Waals surface area contributed by atoms with Gasteiger partial charge in [-0.2, -0.15) is 0 Å². The smallest absolute Gasteiger partial charge is 0.267 e. The standard InChI is InChI=1S/C25H26N4O4/c26-17-23(25(31)28-32)27-24(30)22-10-8-19(9-11-22)4-1-2-5-20-6-3-7-21(16-20)18-29-12-14-33-15-13-29/h3,6-11,16,23,32H,12-15,17-18,26H2,(H,27,30)(H,28,31)/t23-/m0/s1. The van der Waals surface area contributed by atoms with E-state index in [1.165, 1.54) is 11.0 Å². The number of ether oxygens (including phenoxy) is 1. The lowest BCUT2D eigenvalue weighted by atomic mass is 10.1. The summed E-state index contributed by atoms with van der Waals surface area (Å²) in [5.41, 5.74) is 10.1. The van der Waals surface area contributed by atoms with E-state index in [2.05, 4.69) is 46.0 Å². The Balaban J connectivity index is 1.58. The average molecular weight is 447 g/mol. The van der Waals surface area contributed by atoms with E-state index in [-0.39, 0.29) is 6.54 Å². The second kappa shape index (κ2) is 12.4. The zero-order valence-electron chi connectivity index (χ0n) is 18.1. The number of hydrogen-bond donors (Lipinski definition) is 4. The summed E-state index contributed by atoms with van der Waals surface area (Å²) in [6.07, 6.45) is 0. The topological polar surface area (TPSA) is 117 Å². The van der Waals surface area contributed by atoms with Gasteiger partial charge in [0.2, 0.25) is 0 Å². The van der Waals surface area contributed by atoms with Crippen LogP contribution in [0.5, 0.6) is 0 Å². The quantitative estimate of drug-likeness (QED) is 0.291. The lowest BCUT2D eigenvalue weighted by molar-refractivity contribution is -0.130. The number of hydrogen-bond acceptors (Lipinski definition) is 6. The first kappa shape index (κ1) is 24.0. The maximum atomic E-state index is 12.2. The molecule has 1 aliphatic heterocycles. The third-order valence-electron chi connectivity index (χ3n) is 5.03. The Labute approximate surface area is 193 Å². The Kier molecular flexibility index (Phi) is 9.01. The Hall–Kier alpha value is -3.66. The lowest BCUT2D eigenvalue weighted by Gasteiger charge is -2.26. The monoisotopic (exact) mass is 446 g/mol. The van der Waals surface area contributed by atoms with Crippen molar-refractivity contribution in [1.29, 1.82) is 0 Å². The van der Waals surface area contributed by atoms with Crippen LogP contribution in [0.1, 0.15) is 27.0 Å². The molecule has 8 nitrogen and oxygen atoms in total. The molecule has 0 bridgehead atoms. The second-order valence-corrected chi connectivity index (χ2v) is 7.40. The van der Waals surface area contributed by atoms with E-state index in [9.17, 15) is 9.59 Å². The zero-order valence-corrected chi connectivity index (χ0v) is 18.1. The van der Waals surface area contributed by atoms with Crippen LogP contribution in [0.4, 0.5) is 0 Å². The van der Waals surface area contributed by atoms with E-state index in [4.69, 9.17) is 15.7 Å². The molecule has 0 unspecified atom stereocenters. The van der Waals surface area contributed by atoms with Crippen molar-refractivity contribution in [3.63, 3.8) is 0 Å². The number of amides is 2. The number of hydroxylamine groups is 1. The summed E-state index contributed by atoms with van der Waals surface area (Å²) in [6, 6.07) is 13.7. The number of carbonyl (C=O) groups excluding carboxylic acids is 2. The first-order chi connectivity index (χ1) is 16.1. The first-order valence-corrected chi connectivity index (χ1v) is 10.5. The minimum atomic E-state index is -1.02. The van der Waals surface area contributed by atoms with Crippen LogP contribution < -0.4 is 16.5 Å². The summed E-state index contributed by atoms with van der Waals surface area (Å²) in [6.45, 7) is 4.16. The van der Waals surface area contributed by atoms with E-state index in [1.807, 2.05) is 12.1 Å². The van der Waals surface area contributed by atoms with Gasteiger partial charge < -0.3 is 15.8 Å². The number of rotatable bonds is 6. The van der Waals surface area contributed by atoms with E-state index in [0.717, 1.165) is 38.4 Å². The van der Waals surface area contributed by atoms with Gasteiger partial charge in [0.1, 0.15) is 6.04 Å². The van der Waals surface area contributed by atoms with Crippen molar-refractivity contribution in [2.24, 2.45) is 5.73 Å². The van der Waals surface area contributed by atoms with Crippen LogP contribution in [0.15, 0.2) is 48.5 Å². The molecule has 33 heavy (non-hydrogen) atoms. The van der Waals surface area contributed by atoms with Crippen molar-refractivity contribution in [1.82, 2.24) is 15.7 Å². The highest BCUT2D eigenvalue weighted by atomic mass is 16.5. The lowest BCUT2D eigenvalue weighted by Crippen LogP contribution is -2.50. The van der Waals surface area contributed by atoms with Crippen molar-refractivity contribution in [2.75, 3.05) is 32.8 Å². The molecule has 170 valence electrons. The molecule has 0 radical (unpaired) electrons. The highest BCUT2D eigenvalue weighted by molar-refractivity contribution is 5.97. The SMILES string of the molecule is NC[C@H](NC(=O)c1ccc(C#CC#Cc2cccc(CN3CCOCC3)c2)cc1)C(=O)NO. The van der Waals surface area contributed by atoms with Crippen molar-refractivity contribution >= 4 is 11.8 Å². The number of nitrogens with one attached hydrogen (secondary N) is 2. The number of morpholine rings is 1. The van der Waals surface area contributed by atoms with Crippen LogP contribution in [-0.2, 0) is 16.1 Å². The van der Waals surface area contributed by atoms with E-state index < -0.39 is 17.9 Å². The molecule has 0 spiro atoms. The van der Waals surface area contributed by atoms with Gasteiger partial charge in [0.05, 0.1) is 13.2 Å². The molecular formula is C25H26N4O4.